The van der Waals surface area contributed by atoms with Gasteiger partial charge in [-0.1, -0.05) is 196 Å². The van der Waals surface area contributed by atoms with Gasteiger partial charge in [0.2, 0.25) is 0 Å². The molecule has 7 aromatic rings. The maximum Gasteiger partial charge on any atom is 0.0776 e. The lowest BCUT2D eigenvalue weighted by molar-refractivity contribution is 1.31. The molecule has 9 rings (SSSR count). The smallest absolute Gasteiger partial charge is 0.0776 e. The molecule has 0 radical (unpaired) electrons. The quantitative estimate of drug-likeness (QED) is 0.149. The Morgan fingerprint density at radius 3 is 0.719 bits per heavy atom. The first kappa shape index (κ1) is 43.6. The van der Waals surface area contributed by atoms with E-state index in [2.05, 4.69) is 234 Å². The van der Waals surface area contributed by atoms with Crippen LogP contribution in [0.25, 0.3) is 90.9 Å². The standard InChI is InChI=1S/C56H62N4Si4/c1-61(2,3)41-21-13-17-37(33-41)53-45-25-27-47(57-45)54(38-18-14-22-42(34-38)62(4,5)6)49-29-31-51(59-49)56(40-20-16-24-44(36-40)64(10,11)12)52-32-30-50(60-52)55(48-28-26-46(53)58-48)39-19-15-23-43(35-39)63(7,8)9/h13-36,57,60H,1-12H3. The molecule has 0 spiro atoms. The third kappa shape index (κ3) is 8.52. The van der Waals surface area contributed by atoms with Crippen LogP contribution in [-0.4, -0.2) is 52.2 Å². The number of aromatic nitrogens is 4. The second kappa shape index (κ2) is 16.1. The maximum absolute atomic E-state index is 5.64. The van der Waals surface area contributed by atoms with Crippen molar-refractivity contribution >= 4 is 99.4 Å². The highest BCUT2D eigenvalue weighted by Crippen LogP contribution is 2.38. The molecule has 64 heavy (non-hydrogen) atoms. The molecule has 5 heterocycles. The van der Waals surface area contributed by atoms with Crippen LogP contribution in [0.3, 0.4) is 0 Å². The van der Waals surface area contributed by atoms with Gasteiger partial charge in [-0.05, 0) is 70.8 Å². The molecule has 4 nitrogen and oxygen atoms in total. The summed E-state index contributed by atoms with van der Waals surface area (Å²) in [6.45, 7) is 29.1. The van der Waals surface area contributed by atoms with Gasteiger partial charge in [0.25, 0.3) is 0 Å². The van der Waals surface area contributed by atoms with Crippen LogP contribution in [0.4, 0.5) is 0 Å². The van der Waals surface area contributed by atoms with Gasteiger partial charge in [-0.2, -0.15) is 0 Å². The van der Waals surface area contributed by atoms with E-state index in [1.165, 1.54) is 43.0 Å². The lowest BCUT2D eigenvalue weighted by Gasteiger charge is -2.18. The molecule has 322 valence electrons. The number of nitrogens with zero attached hydrogens (tertiary/aromatic N) is 2. The summed E-state index contributed by atoms with van der Waals surface area (Å²) in [5.74, 6) is 0. The van der Waals surface area contributed by atoms with E-state index in [0.717, 1.165) is 67.1 Å². The van der Waals surface area contributed by atoms with E-state index in [0.29, 0.717) is 0 Å². The number of rotatable bonds is 8. The molecule has 4 aromatic carbocycles. The van der Waals surface area contributed by atoms with E-state index in [9.17, 15) is 0 Å². The Hall–Kier alpha value is -5.65. The first-order valence-electron chi connectivity index (χ1n) is 22.8. The van der Waals surface area contributed by atoms with Gasteiger partial charge in [-0.15, -0.1) is 0 Å². The zero-order valence-corrected chi connectivity index (χ0v) is 43.8. The van der Waals surface area contributed by atoms with Crippen molar-refractivity contribution < 1.29 is 0 Å². The third-order valence-electron chi connectivity index (χ3n) is 12.8. The van der Waals surface area contributed by atoms with Gasteiger partial charge in [0.15, 0.2) is 0 Å². The van der Waals surface area contributed by atoms with Crippen molar-refractivity contribution in [1.29, 1.82) is 0 Å². The maximum atomic E-state index is 5.64. The van der Waals surface area contributed by atoms with Crippen molar-refractivity contribution in [2.75, 3.05) is 0 Å². The summed E-state index contributed by atoms with van der Waals surface area (Å²) in [5.41, 5.74) is 16.9. The first-order chi connectivity index (χ1) is 30.2. The molecule has 0 saturated carbocycles. The minimum atomic E-state index is -1.64. The Morgan fingerprint density at radius 2 is 0.516 bits per heavy atom. The molecule has 3 aromatic heterocycles. The van der Waals surface area contributed by atoms with Crippen LogP contribution in [0.2, 0.25) is 78.6 Å². The summed E-state index contributed by atoms with van der Waals surface area (Å²) < 4.78 is 0. The summed E-state index contributed by atoms with van der Waals surface area (Å²) >= 11 is 0. The molecule has 2 aliphatic heterocycles. The fraction of sp³-hybridized carbons (Fsp3) is 0.214. The first-order valence-corrected chi connectivity index (χ1v) is 36.8. The number of H-pyrrole nitrogens is 2. The average molecular weight is 903 g/mol. The van der Waals surface area contributed by atoms with Crippen molar-refractivity contribution in [2.24, 2.45) is 0 Å². The highest BCUT2D eigenvalue weighted by atomic mass is 28.3. The SMILES string of the molecule is C[Si](C)(C)c1cccc(-c2c3nc(c(-c4cccc([Si](C)(C)C)c4)c4ccc([nH]4)c(-c4cccc([Si](C)(C)C)c4)c4nc(c(-c5cccc([Si](C)(C)C)c5)c5ccc2[nH]5)C=C4)C=C3)c1. The Balaban J connectivity index is 1.47. The highest BCUT2D eigenvalue weighted by Gasteiger charge is 2.24. The summed E-state index contributed by atoms with van der Waals surface area (Å²) in [6, 6.07) is 45.8. The van der Waals surface area contributed by atoms with E-state index in [1.807, 2.05) is 0 Å². The number of aromatic amines is 2. The minimum Gasteiger partial charge on any atom is -0.354 e. The van der Waals surface area contributed by atoms with E-state index >= 15 is 0 Å². The second-order valence-electron chi connectivity index (χ2n) is 21.8. The Morgan fingerprint density at radius 1 is 0.297 bits per heavy atom. The van der Waals surface area contributed by atoms with Crippen LogP contribution in [-0.2, 0) is 0 Å². The Bertz CT molecular complexity index is 2790. The number of hydrogen-bond acceptors (Lipinski definition) is 2. The number of hydrogen-bond donors (Lipinski definition) is 2. The van der Waals surface area contributed by atoms with Crippen LogP contribution < -0.4 is 20.7 Å². The fourth-order valence-electron chi connectivity index (χ4n) is 8.99. The van der Waals surface area contributed by atoms with Crippen LogP contribution in [0.5, 0.6) is 0 Å². The molecule has 8 heteroatoms. The van der Waals surface area contributed by atoms with Gasteiger partial charge in [0, 0.05) is 44.3 Å². The van der Waals surface area contributed by atoms with Crippen molar-refractivity contribution in [3.05, 3.63) is 144 Å². The van der Waals surface area contributed by atoms with Crippen LogP contribution in [0, 0.1) is 0 Å². The lowest BCUT2D eigenvalue weighted by atomic mass is 10.0. The minimum absolute atomic E-state index is 0.945. The molecule has 2 N–H and O–H groups in total. The normalized spacial score (nSPS) is 13.2. The van der Waals surface area contributed by atoms with E-state index in [4.69, 9.17) is 9.97 Å². The van der Waals surface area contributed by atoms with E-state index < -0.39 is 32.3 Å². The molecule has 2 aliphatic rings. The van der Waals surface area contributed by atoms with Gasteiger partial charge in [0.1, 0.15) is 0 Å². The molecular formula is C56H62N4Si4. The molecule has 0 saturated heterocycles. The second-order valence-corrected chi connectivity index (χ2v) is 42.1. The Kier molecular flexibility index (Phi) is 11.0. The van der Waals surface area contributed by atoms with Gasteiger partial charge < -0.3 is 9.97 Å². The van der Waals surface area contributed by atoms with Crippen molar-refractivity contribution in [3.63, 3.8) is 0 Å². The van der Waals surface area contributed by atoms with E-state index in [1.54, 1.807) is 0 Å². The predicted molar refractivity (Wildman–Crippen MR) is 293 cm³/mol. The van der Waals surface area contributed by atoms with Crippen molar-refractivity contribution in [1.82, 2.24) is 19.9 Å². The molecule has 0 unspecified atom stereocenters. The summed E-state index contributed by atoms with van der Waals surface area (Å²) in [7, 11) is -6.57. The van der Waals surface area contributed by atoms with Crippen LogP contribution in [0.15, 0.2) is 121 Å². The average Bonchev–Trinajstić information content (AvgIpc) is 4.08. The van der Waals surface area contributed by atoms with Gasteiger partial charge >= 0.3 is 0 Å². The third-order valence-corrected chi connectivity index (χ3v) is 21.0. The summed E-state index contributed by atoms with van der Waals surface area (Å²) in [6.07, 6.45) is 8.90. The molecule has 0 fully saturated rings. The number of nitrogens with one attached hydrogen (secondary N) is 2. The topological polar surface area (TPSA) is 57.4 Å². The monoisotopic (exact) mass is 902 g/mol. The van der Waals surface area contributed by atoms with Crippen molar-refractivity contribution in [3.8, 4) is 44.5 Å². The highest BCUT2D eigenvalue weighted by molar-refractivity contribution is 6.90. The number of benzene rings is 4. The van der Waals surface area contributed by atoms with Crippen molar-refractivity contribution in [2.45, 2.75) is 78.6 Å². The van der Waals surface area contributed by atoms with Crippen LogP contribution >= 0.6 is 0 Å². The molecule has 0 atom stereocenters. The molecule has 0 amide bonds. The van der Waals surface area contributed by atoms with Crippen LogP contribution in [0.1, 0.15) is 22.8 Å². The van der Waals surface area contributed by atoms with Gasteiger partial charge in [-0.25, -0.2) is 9.97 Å². The van der Waals surface area contributed by atoms with E-state index in [-0.39, 0.29) is 0 Å². The zero-order chi connectivity index (χ0) is 45.3. The fourth-order valence-corrected chi connectivity index (χ4v) is 13.7. The summed E-state index contributed by atoms with van der Waals surface area (Å²) in [5, 5.41) is 5.68. The predicted octanol–water partition coefficient (Wildman–Crippen LogP) is 13.5. The lowest BCUT2D eigenvalue weighted by Crippen LogP contribution is -2.37. The number of fused-ring (bicyclic) bond motifs is 8. The zero-order valence-electron chi connectivity index (χ0n) is 39.8. The van der Waals surface area contributed by atoms with Gasteiger partial charge in [0.05, 0.1) is 55.1 Å². The largest absolute Gasteiger partial charge is 0.354 e. The molecule has 8 bridgehead atoms. The van der Waals surface area contributed by atoms with Gasteiger partial charge in [-0.3, -0.25) is 0 Å². The molecule has 0 aliphatic carbocycles. The summed E-state index contributed by atoms with van der Waals surface area (Å²) in [4.78, 5) is 19.3. The Labute approximate surface area is 384 Å². The molecular weight excluding hydrogens is 841 g/mol.